The summed E-state index contributed by atoms with van der Waals surface area (Å²) in [5.74, 6) is 0.906. The highest BCUT2D eigenvalue weighted by atomic mass is 16.6. The lowest BCUT2D eigenvalue weighted by molar-refractivity contribution is -0.384. The molecule has 5 heteroatoms. The Balaban J connectivity index is 2.89. The average molecular weight is 306 g/mol. The molecule has 5 nitrogen and oxygen atoms in total. The number of benzene rings is 1. The summed E-state index contributed by atoms with van der Waals surface area (Å²) < 4.78 is 0. The van der Waals surface area contributed by atoms with Gasteiger partial charge in [0, 0.05) is 30.8 Å². The summed E-state index contributed by atoms with van der Waals surface area (Å²) in [6, 6.07) is 5.98. The number of rotatable bonds is 8. The highest BCUT2D eigenvalue weighted by Gasteiger charge is 2.18. The third kappa shape index (κ3) is 5.84. The molecule has 1 aromatic carbocycles. The van der Waals surface area contributed by atoms with Gasteiger partial charge in [0.1, 0.15) is 0 Å². The first-order chi connectivity index (χ1) is 10.3. The van der Waals surface area contributed by atoms with E-state index in [1.54, 1.807) is 12.1 Å². The lowest BCUT2D eigenvalue weighted by Crippen LogP contribution is -2.34. The van der Waals surface area contributed by atoms with Gasteiger partial charge >= 0.3 is 0 Å². The van der Waals surface area contributed by atoms with Crippen LogP contribution in [0.25, 0.3) is 0 Å². The Morgan fingerprint density at radius 3 is 2.14 bits per heavy atom. The molecule has 1 aromatic rings. The molecule has 0 N–H and O–H groups in total. The van der Waals surface area contributed by atoms with Crippen molar-refractivity contribution < 1.29 is 9.72 Å². The molecule has 22 heavy (non-hydrogen) atoms. The predicted molar refractivity (Wildman–Crippen MR) is 87.9 cm³/mol. The molecule has 0 spiro atoms. The Hall–Kier alpha value is -1.91. The summed E-state index contributed by atoms with van der Waals surface area (Å²) in [5.41, 5.74) is 0.347. The van der Waals surface area contributed by atoms with Crippen molar-refractivity contribution in [3.8, 4) is 0 Å². The van der Waals surface area contributed by atoms with E-state index in [9.17, 15) is 14.9 Å². The fourth-order valence-electron chi connectivity index (χ4n) is 2.08. The Bertz CT molecular complexity index is 500. The van der Waals surface area contributed by atoms with Crippen molar-refractivity contribution >= 4 is 11.6 Å². The zero-order valence-electron chi connectivity index (χ0n) is 13.9. The number of amides is 1. The minimum atomic E-state index is -0.469. The van der Waals surface area contributed by atoms with Gasteiger partial charge in [-0.25, -0.2) is 0 Å². The number of nitro groups is 1. The van der Waals surface area contributed by atoms with Crippen LogP contribution in [-0.4, -0.2) is 28.8 Å². The Morgan fingerprint density at radius 2 is 1.68 bits per heavy atom. The second-order valence-electron chi connectivity index (χ2n) is 6.46. The van der Waals surface area contributed by atoms with Crippen LogP contribution < -0.4 is 0 Å². The van der Waals surface area contributed by atoms with Crippen LogP contribution in [0.15, 0.2) is 24.3 Å². The van der Waals surface area contributed by atoms with E-state index in [1.807, 2.05) is 4.90 Å². The van der Waals surface area contributed by atoms with Crippen LogP contribution in [0.1, 0.15) is 50.9 Å². The zero-order valence-corrected chi connectivity index (χ0v) is 13.9. The standard InChI is InChI=1S/C17H26N2O3/c1-13(2)8-10-18(11-9-14(3)4)17(20)15-6-5-7-16(12-15)19(21)22/h5-7,12-14H,8-11H2,1-4H3. The third-order valence-electron chi connectivity index (χ3n) is 3.54. The van der Waals surface area contributed by atoms with Gasteiger partial charge in [0.05, 0.1) is 4.92 Å². The second-order valence-corrected chi connectivity index (χ2v) is 6.46. The van der Waals surface area contributed by atoms with Gasteiger partial charge in [-0.1, -0.05) is 33.8 Å². The molecule has 0 fully saturated rings. The van der Waals surface area contributed by atoms with Gasteiger partial charge in [-0.3, -0.25) is 14.9 Å². The Labute approximate surface area is 132 Å². The quantitative estimate of drug-likeness (QED) is 0.536. The van der Waals surface area contributed by atoms with E-state index in [4.69, 9.17) is 0 Å². The predicted octanol–water partition coefficient (Wildman–Crippen LogP) is 4.13. The molecule has 0 bridgehead atoms. The molecule has 0 atom stereocenters. The van der Waals surface area contributed by atoms with E-state index in [0.717, 1.165) is 12.8 Å². The molecule has 1 rings (SSSR count). The molecule has 0 aromatic heterocycles. The van der Waals surface area contributed by atoms with E-state index in [1.165, 1.54) is 12.1 Å². The van der Waals surface area contributed by atoms with Crippen molar-refractivity contribution in [2.45, 2.75) is 40.5 Å². The Morgan fingerprint density at radius 1 is 1.14 bits per heavy atom. The number of nitrogens with zero attached hydrogens (tertiary/aromatic N) is 2. The third-order valence-corrected chi connectivity index (χ3v) is 3.54. The molecule has 0 aliphatic carbocycles. The molecule has 0 saturated carbocycles. The average Bonchev–Trinajstić information content (AvgIpc) is 2.46. The van der Waals surface area contributed by atoms with Crippen LogP contribution in [0.4, 0.5) is 5.69 Å². The summed E-state index contributed by atoms with van der Waals surface area (Å²) in [6.07, 6.45) is 1.86. The molecule has 1 amide bonds. The van der Waals surface area contributed by atoms with Gasteiger partial charge in [-0.2, -0.15) is 0 Å². The summed E-state index contributed by atoms with van der Waals surface area (Å²) >= 11 is 0. The van der Waals surface area contributed by atoms with Crippen molar-refractivity contribution in [1.82, 2.24) is 4.90 Å². The van der Waals surface area contributed by atoms with Crippen molar-refractivity contribution in [3.05, 3.63) is 39.9 Å². The summed E-state index contributed by atoms with van der Waals surface area (Å²) in [5, 5.41) is 10.9. The molecule has 0 saturated heterocycles. The second kappa shape index (κ2) is 8.51. The van der Waals surface area contributed by atoms with Crippen molar-refractivity contribution in [1.29, 1.82) is 0 Å². The lowest BCUT2D eigenvalue weighted by Gasteiger charge is -2.24. The molecule has 0 aliphatic heterocycles. The van der Waals surface area contributed by atoms with E-state index in [-0.39, 0.29) is 11.6 Å². The lowest BCUT2D eigenvalue weighted by atomic mass is 10.1. The Kier molecular flexibility index (Phi) is 7.02. The van der Waals surface area contributed by atoms with Crippen LogP contribution in [0.5, 0.6) is 0 Å². The van der Waals surface area contributed by atoms with Crippen molar-refractivity contribution in [3.63, 3.8) is 0 Å². The summed E-state index contributed by atoms with van der Waals surface area (Å²) in [6.45, 7) is 9.87. The first-order valence-electron chi connectivity index (χ1n) is 7.85. The highest BCUT2D eigenvalue weighted by molar-refractivity contribution is 5.94. The maximum atomic E-state index is 12.6. The van der Waals surface area contributed by atoms with Gasteiger partial charge in [-0.15, -0.1) is 0 Å². The fourth-order valence-corrected chi connectivity index (χ4v) is 2.08. The van der Waals surface area contributed by atoms with E-state index < -0.39 is 4.92 Å². The molecule has 0 heterocycles. The molecular formula is C17H26N2O3. The van der Waals surface area contributed by atoms with E-state index in [0.29, 0.717) is 30.5 Å². The fraction of sp³-hybridized carbons (Fsp3) is 0.588. The maximum absolute atomic E-state index is 12.6. The van der Waals surface area contributed by atoms with E-state index >= 15 is 0 Å². The smallest absolute Gasteiger partial charge is 0.270 e. The highest BCUT2D eigenvalue weighted by Crippen LogP contribution is 2.16. The van der Waals surface area contributed by atoms with Gasteiger partial charge in [0.2, 0.25) is 0 Å². The number of carbonyl (C=O) groups excluding carboxylic acids is 1. The monoisotopic (exact) mass is 306 g/mol. The normalized spacial score (nSPS) is 11.0. The summed E-state index contributed by atoms with van der Waals surface area (Å²) in [4.78, 5) is 24.9. The van der Waals surface area contributed by atoms with Gasteiger partial charge in [0.25, 0.3) is 11.6 Å². The van der Waals surface area contributed by atoms with Gasteiger partial charge in [0.15, 0.2) is 0 Å². The number of hydrogen-bond acceptors (Lipinski definition) is 3. The molecule has 122 valence electrons. The SMILES string of the molecule is CC(C)CCN(CCC(C)C)C(=O)c1cccc([N+](=O)[O-])c1. The minimum absolute atomic E-state index is 0.0430. The van der Waals surface area contributed by atoms with Gasteiger partial charge in [-0.05, 0) is 30.7 Å². The van der Waals surface area contributed by atoms with Crippen molar-refractivity contribution in [2.24, 2.45) is 11.8 Å². The number of carbonyl (C=O) groups is 1. The van der Waals surface area contributed by atoms with Crippen LogP contribution in [0, 0.1) is 22.0 Å². The first-order valence-corrected chi connectivity index (χ1v) is 7.85. The number of hydrogen-bond donors (Lipinski definition) is 0. The topological polar surface area (TPSA) is 63.5 Å². The number of nitro benzene ring substituents is 1. The molecule has 0 unspecified atom stereocenters. The van der Waals surface area contributed by atoms with Crippen molar-refractivity contribution in [2.75, 3.05) is 13.1 Å². The number of non-ortho nitro benzene ring substituents is 1. The van der Waals surface area contributed by atoms with Crippen LogP contribution >= 0.6 is 0 Å². The molecule has 0 radical (unpaired) electrons. The zero-order chi connectivity index (χ0) is 16.7. The minimum Gasteiger partial charge on any atom is -0.339 e. The van der Waals surface area contributed by atoms with Crippen LogP contribution in [0.3, 0.4) is 0 Å². The van der Waals surface area contributed by atoms with E-state index in [2.05, 4.69) is 27.7 Å². The molecule has 0 aliphatic rings. The largest absolute Gasteiger partial charge is 0.339 e. The van der Waals surface area contributed by atoms with Crippen LogP contribution in [-0.2, 0) is 0 Å². The van der Waals surface area contributed by atoms with Crippen LogP contribution in [0.2, 0.25) is 0 Å². The van der Waals surface area contributed by atoms with Gasteiger partial charge < -0.3 is 4.90 Å². The maximum Gasteiger partial charge on any atom is 0.270 e. The molecular weight excluding hydrogens is 280 g/mol. The summed E-state index contributed by atoms with van der Waals surface area (Å²) in [7, 11) is 0. The first kappa shape index (κ1) is 18.1.